The molecule has 0 bridgehead atoms. The lowest BCUT2D eigenvalue weighted by Crippen LogP contribution is -2.44. The molecule has 2 rings (SSSR count). The number of nitrogens with zero attached hydrogens (tertiary/aromatic N) is 1. The fraction of sp³-hybridized carbons (Fsp3) is 0.688. The summed E-state index contributed by atoms with van der Waals surface area (Å²) in [6.07, 6.45) is 4.29. The number of hydrogen-bond donors (Lipinski definition) is 2. The molecule has 0 atom stereocenters. The summed E-state index contributed by atoms with van der Waals surface area (Å²) in [5.74, 6) is 0.469. The number of aromatic nitrogens is 1. The number of nitrogen functional groups attached to an aromatic ring is 1. The average molecular weight is 262 g/mol. The number of rotatable bonds is 1. The highest BCUT2D eigenvalue weighted by Gasteiger charge is 2.48. The van der Waals surface area contributed by atoms with Crippen LogP contribution in [-0.4, -0.2) is 10.1 Å². The van der Waals surface area contributed by atoms with E-state index in [1.807, 2.05) is 13.0 Å². The van der Waals surface area contributed by atoms with Crippen molar-refractivity contribution in [3.8, 4) is 0 Å². The van der Waals surface area contributed by atoms with Crippen molar-refractivity contribution in [3.63, 3.8) is 0 Å². The van der Waals surface area contributed by atoms with E-state index in [1.165, 1.54) is 0 Å². The van der Waals surface area contributed by atoms with Gasteiger partial charge in [0.2, 0.25) is 0 Å². The van der Waals surface area contributed by atoms with Crippen molar-refractivity contribution in [1.29, 1.82) is 0 Å². The molecule has 1 aromatic heterocycles. The topological polar surface area (TPSA) is 59.1 Å². The van der Waals surface area contributed by atoms with E-state index >= 15 is 0 Å². The van der Waals surface area contributed by atoms with Gasteiger partial charge in [0.25, 0.3) is 0 Å². The molecule has 3 N–H and O–H groups in total. The maximum absolute atomic E-state index is 11.3. The van der Waals surface area contributed by atoms with E-state index in [-0.39, 0.29) is 10.8 Å². The summed E-state index contributed by atoms with van der Waals surface area (Å²) in [6.45, 7) is 10.9. The third kappa shape index (κ3) is 2.76. The van der Waals surface area contributed by atoms with Crippen molar-refractivity contribution >= 4 is 5.82 Å². The first-order chi connectivity index (χ1) is 8.55. The average Bonchev–Trinajstić information content (AvgIpc) is 2.09. The molecule has 1 heterocycles. The van der Waals surface area contributed by atoms with E-state index in [0.29, 0.717) is 5.82 Å². The summed E-state index contributed by atoms with van der Waals surface area (Å²) in [5, 5.41) is 11.3. The lowest BCUT2D eigenvalue weighted by atomic mass is 9.58. The molecule has 0 saturated heterocycles. The van der Waals surface area contributed by atoms with Crippen LogP contribution in [0.3, 0.4) is 0 Å². The fourth-order valence-electron chi connectivity index (χ4n) is 4.43. The van der Waals surface area contributed by atoms with Crippen molar-refractivity contribution in [2.75, 3.05) is 5.73 Å². The molecule has 19 heavy (non-hydrogen) atoms. The van der Waals surface area contributed by atoms with Crippen LogP contribution >= 0.6 is 0 Å². The summed E-state index contributed by atoms with van der Waals surface area (Å²) >= 11 is 0. The van der Waals surface area contributed by atoms with E-state index in [0.717, 1.165) is 30.4 Å². The Morgan fingerprint density at radius 2 is 1.63 bits per heavy atom. The van der Waals surface area contributed by atoms with Gasteiger partial charge in [-0.3, -0.25) is 0 Å². The minimum absolute atomic E-state index is 0.102. The highest BCUT2D eigenvalue weighted by molar-refractivity contribution is 5.48. The van der Waals surface area contributed by atoms with Crippen LogP contribution in [0.2, 0.25) is 0 Å². The molecule has 0 aliphatic heterocycles. The summed E-state index contributed by atoms with van der Waals surface area (Å²) in [4.78, 5) is 4.17. The van der Waals surface area contributed by atoms with Gasteiger partial charge in [-0.05, 0) is 48.6 Å². The zero-order valence-electron chi connectivity index (χ0n) is 12.7. The van der Waals surface area contributed by atoms with E-state index in [1.54, 1.807) is 6.20 Å². The van der Waals surface area contributed by atoms with Gasteiger partial charge < -0.3 is 10.8 Å². The number of nitrogens with two attached hydrogens (primary N) is 1. The monoisotopic (exact) mass is 262 g/mol. The Hall–Kier alpha value is -1.09. The van der Waals surface area contributed by atoms with Crippen LogP contribution < -0.4 is 5.73 Å². The molecule has 1 aliphatic carbocycles. The minimum Gasteiger partial charge on any atom is -0.385 e. The Morgan fingerprint density at radius 1 is 1.11 bits per heavy atom. The quantitative estimate of drug-likeness (QED) is 0.815. The Kier molecular flexibility index (Phi) is 3.17. The molecule has 1 fully saturated rings. The second-order valence-electron chi connectivity index (χ2n) is 7.78. The molecule has 0 radical (unpaired) electrons. The van der Waals surface area contributed by atoms with Crippen LogP contribution in [0.1, 0.15) is 58.1 Å². The standard InChI is InChI=1S/C16H26N2O/c1-11-6-7-18-13(17)12(11)16(19)9-14(2,3)8-15(4,5)10-16/h6-7,19H,8-10H2,1-5H3,(H2,17,18). The zero-order valence-corrected chi connectivity index (χ0v) is 12.7. The van der Waals surface area contributed by atoms with Crippen molar-refractivity contribution in [1.82, 2.24) is 4.98 Å². The van der Waals surface area contributed by atoms with Crippen LogP contribution in [0.5, 0.6) is 0 Å². The summed E-state index contributed by atoms with van der Waals surface area (Å²) < 4.78 is 0. The van der Waals surface area contributed by atoms with E-state index in [2.05, 4.69) is 32.7 Å². The van der Waals surface area contributed by atoms with Gasteiger partial charge in [-0.25, -0.2) is 4.98 Å². The van der Waals surface area contributed by atoms with Crippen molar-refractivity contribution in [2.24, 2.45) is 10.8 Å². The third-order valence-electron chi connectivity index (χ3n) is 4.15. The van der Waals surface area contributed by atoms with Gasteiger partial charge in [0.1, 0.15) is 5.82 Å². The second-order valence-corrected chi connectivity index (χ2v) is 7.78. The van der Waals surface area contributed by atoms with Crippen molar-refractivity contribution in [3.05, 3.63) is 23.4 Å². The molecule has 0 aromatic carbocycles. The summed E-state index contributed by atoms with van der Waals surface area (Å²) in [6, 6.07) is 1.93. The summed E-state index contributed by atoms with van der Waals surface area (Å²) in [7, 11) is 0. The van der Waals surface area contributed by atoms with Crippen LogP contribution in [0.25, 0.3) is 0 Å². The Morgan fingerprint density at radius 3 is 2.11 bits per heavy atom. The lowest BCUT2D eigenvalue weighted by Gasteiger charge is -2.50. The molecule has 0 spiro atoms. The van der Waals surface area contributed by atoms with Crippen LogP contribution in [0.15, 0.2) is 12.3 Å². The Balaban J connectivity index is 2.53. The molecule has 106 valence electrons. The highest BCUT2D eigenvalue weighted by Crippen LogP contribution is 2.54. The molecule has 0 amide bonds. The number of aliphatic hydroxyl groups is 1. The first kappa shape index (κ1) is 14.3. The maximum atomic E-state index is 11.3. The predicted molar refractivity (Wildman–Crippen MR) is 78.7 cm³/mol. The van der Waals surface area contributed by atoms with Gasteiger partial charge in [0.05, 0.1) is 5.60 Å². The van der Waals surface area contributed by atoms with Crippen LogP contribution in [0.4, 0.5) is 5.82 Å². The Labute approximate surface area is 116 Å². The lowest BCUT2D eigenvalue weighted by molar-refractivity contribution is -0.0912. The SMILES string of the molecule is Cc1ccnc(N)c1C1(O)CC(C)(C)CC(C)(C)C1. The fourth-order valence-corrected chi connectivity index (χ4v) is 4.43. The first-order valence-electron chi connectivity index (χ1n) is 6.99. The molecule has 1 aromatic rings. The van der Waals surface area contributed by atoms with Gasteiger partial charge in [-0.2, -0.15) is 0 Å². The van der Waals surface area contributed by atoms with Gasteiger partial charge in [0.15, 0.2) is 0 Å². The van der Waals surface area contributed by atoms with Crippen LogP contribution in [0, 0.1) is 17.8 Å². The second kappa shape index (κ2) is 4.20. The molecule has 3 heteroatoms. The first-order valence-corrected chi connectivity index (χ1v) is 6.99. The van der Waals surface area contributed by atoms with Crippen molar-refractivity contribution in [2.45, 2.75) is 59.5 Å². The number of anilines is 1. The van der Waals surface area contributed by atoms with Gasteiger partial charge in [-0.1, -0.05) is 27.7 Å². The Bertz CT molecular complexity index is 455. The molecule has 3 nitrogen and oxygen atoms in total. The van der Waals surface area contributed by atoms with Gasteiger partial charge in [-0.15, -0.1) is 0 Å². The zero-order chi connectivity index (χ0) is 14.5. The minimum atomic E-state index is -0.867. The predicted octanol–water partition coefficient (Wildman–Crippen LogP) is 3.40. The van der Waals surface area contributed by atoms with Crippen molar-refractivity contribution < 1.29 is 5.11 Å². The molecular formula is C16H26N2O. The van der Waals surface area contributed by atoms with E-state index in [9.17, 15) is 5.11 Å². The largest absolute Gasteiger partial charge is 0.385 e. The summed E-state index contributed by atoms with van der Waals surface area (Å²) in [5.41, 5.74) is 7.24. The third-order valence-corrected chi connectivity index (χ3v) is 4.15. The smallest absolute Gasteiger partial charge is 0.129 e. The maximum Gasteiger partial charge on any atom is 0.129 e. The number of aryl methyl sites for hydroxylation is 1. The normalized spacial score (nSPS) is 24.1. The number of hydrogen-bond acceptors (Lipinski definition) is 3. The van der Waals surface area contributed by atoms with Gasteiger partial charge in [0, 0.05) is 11.8 Å². The highest BCUT2D eigenvalue weighted by atomic mass is 16.3. The van der Waals surface area contributed by atoms with Gasteiger partial charge >= 0.3 is 0 Å². The number of pyridine rings is 1. The molecule has 1 aliphatic rings. The molecule has 0 unspecified atom stereocenters. The molecular weight excluding hydrogens is 236 g/mol. The van der Waals surface area contributed by atoms with Crippen LogP contribution in [-0.2, 0) is 5.60 Å². The van der Waals surface area contributed by atoms with E-state index in [4.69, 9.17) is 5.73 Å². The molecule has 1 saturated carbocycles. The van der Waals surface area contributed by atoms with E-state index < -0.39 is 5.60 Å².